The fraction of sp³-hybridized carbons (Fsp3) is 0.417. The first-order chi connectivity index (χ1) is 9.90. The van der Waals surface area contributed by atoms with Crippen LogP contribution in [-0.2, 0) is 14.8 Å². The third-order valence-electron chi connectivity index (χ3n) is 2.21. The smallest absolute Gasteiger partial charge is 0.319 e. The highest BCUT2D eigenvalue weighted by molar-refractivity contribution is 7.92. The summed E-state index contributed by atoms with van der Waals surface area (Å²) in [5.41, 5.74) is 0.948. The second-order valence-electron chi connectivity index (χ2n) is 4.17. The predicted molar refractivity (Wildman–Crippen MR) is 79.8 cm³/mol. The number of hydrogen-bond donors (Lipinski definition) is 4. The standard InChI is InChI=1S/C12H19N3O5S/c1-21(18,19)15-11-4-2-10(3-5-11)14-12(17)13-6-8-20-9-7-16/h2-5,15-16H,6-9H2,1H3,(H2,13,14,17). The number of ether oxygens (including phenoxy) is 1. The molecule has 0 fully saturated rings. The molecule has 118 valence electrons. The van der Waals surface area contributed by atoms with Gasteiger partial charge in [-0.3, -0.25) is 4.72 Å². The number of aliphatic hydroxyl groups excluding tert-OH is 1. The monoisotopic (exact) mass is 317 g/mol. The van der Waals surface area contributed by atoms with E-state index in [4.69, 9.17) is 9.84 Å². The maximum Gasteiger partial charge on any atom is 0.319 e. The number of amides is 2. The van der Waals surface area contributed by atoms with Crippen molar-refractivity contribution in [3.05, 3.63) is 24.3 Å². The summed E-state index contributed by atoms with van der Waals surface area (Å²) in [5, 5.41) is 13.7. The van der Waals surface area contributed by atoms with Gasteiger partial charge in [0.05, 0.1) is 26.1 Å². The van der Waals surface area contributed by atoms with Crippen molar-refractivity contribution in [1.29, 1.82) is 0 Å². The highest BCUT2D eigenvalue weighted by Gasteiger charge is 2.03. The number of anilines is 2. The van der Waals surface area contributed by atoms with Crippen molar-refractivity contribution < 1.29 is 23.1 Å². The van der Waals surface area contributed by atoms with Crippen molar-refractivity contribution in [2.75, 3.05) is 42.7 Å². The van der Waals surface area contributed by atoms with Gasteiger partial charge >= 0.3 is 6.03 Å². The van der Waals surface area contributed by atoms with Crippen LogP contribution in [0.15, 0.2) is 24.3 Å². The molecule has 0 bridgehead atoms. The zero-order valence-corrected chi connectivity index (χ0v) is 12.4. The molecule has 8 nitrogen and oxygen atoms in total. The number of urea groups is 1. The van der Waals surface area contributed by atoms with Gasteiger partial charge in [0.2, 0.25) is 10.0 Å². The van der Waals surface area contributed by atoms with Crippen molar-refractivity contribution in [1.82, 2.24) is 5.32 Å². The highest BCUT2D eigenvalue weighted by atomic mass is 32.2. The summed E-state index contributed by atoms with van der Waals surface area (Å²) in [5.74, 6) is 0. The van der Waals surface area contributed by atoms with Gasteiger partial charge in [-0.15, -0.1) is 0 Å². The number of aliphatic hydroxyl groups is 1. The van der Waals surface area contributed by atoms with Gasteiger partial charge < -0.3 is 20.5 Å². The molecule has 1 aromatic carbocycles. The van der Waals surface area contributed by atoms with E-state index in [2.05, 4.69) is 15.4 Å². The van der Waals surface area contributed by atoms with Gasteiger partial charge in [0.1, 0.15) is 0 Å². The van der Waals surface area contributed by atoms with Crippen molar-refractivity contribution in [2.45, 2.75) is 0 Å². The molecule has 0 aliphatic heterocycles. The molecule has 0 saturated heterocycles. The minimum absolute atomic E-state index is 0.0555. The van der Waals surface area contributed by atoms with E-state index in [-0.39, 0.29) is 13.2 Å². The first-order valence-electron chi connectivity index (χ1n) is 6.22. The fourth-order valence-corrected chi connectivity index (χ4v) is 1.98. The average Bonchev–Trinajstić information content (AvgIpc) is 2.39. The minimum Gasteiger partial charge on any atom is -0.394 e. The summed E-state index contributed by atoms with van der Waals surface area (Å²) < 4.78 is 29.4. The topological polar surface area (TPSA) is 117 Å². The first-order valence-corrected chi connectivity index (χ1v) is 8.11. The van der Waals surface area contributed by atoms with E-state index in [1.165, 1.54) is 0 Å². The summed E-state index contributed by atoms with van der Waals surface area (Å²) in [6, 6.07) is 5.85. The number of rotatable bonds is 8. The molecule has 0 saturated carbocycles. The van der Waals surface area contributed by atoms with Crippen LogP contribution in [0.4, 0.5) is 16.2 Å². The number of benzene rings is 1. The molecule has 0 aliphatic carbocycles. The number of carbonyl (C=O) groups is 1. The molecule has 0 spiro atoms. The van der Waals surface area contributed by atoms with Crippen LogP contribution in [0.25, 0.3) is 0 Å². The molecule has 0 unspecified atom stereocenters. The van der Waals surface area contributed by atoms with Crippen LogP contribution in [0, 0.1) is 0 Å². The first kappa shape index (κ1) is 17.2. The molecule has 1 aromatic rings. The van der Waals surface area contributed by atoms with Crippen LogP contribution in [0.3, 0.4) is 0 Å². The van der Waals surface area contributed by atoms with Crippen molar-refractivity contribution in [3.8, 4) is 0 Å². The molecule has 0 radical (unpaired) electrons. The average molecular weight is 317 g/mol. The lowest BCUT2D eigenvalue weighted by atomic mass is 10.3. The van der Waals surface area contributed by atoms with Crippen LogP contribution < -0.4 is 15.4 Å². The lowest BCUT2D eigenvalue weighted by Gasteiger charge is -2.09. The van der Waals surface area contributed by atoms with Gasteiger partial charge in [-0.25, -0.2) is 13.2 Å². The maximum atomic E-state index is 11.5. The quantitative estimate of drug-likeness (QED) is 0.511. The molecule has 0 aliphatic rings. The van der Waals surface area contributed by atoms with Crippen LogP contribution in [-0.4, -0.2) is 52.2 Å². The Morgan fingerprint density at radius 2 is 1.81 bits per heavy atom. The summed E-state index contributed by atoms with van der Waals surface area (Å²) in [6.07, 6.45) is 1.06. The number of hydrogen-bond acceptors (Lipinski definition) is 5. The van der Waals surface area contributed by atoms with E-state index in [1.54, 1.807) is 24.3 Å². The summed E-state index contributed by atoms with van der Waals surface area (Å²) in [4.78, 5) is 11.5. The van der Waals surface area contributed by atoms with Gasteiger partial charge in [0.15, 0.2) is 0 Å². The Bertz CT molecular complexity index is 545. The minimum atomic E-state index is -3.31. The summed E-state index contributed by atoms with van der Waals surface area (Å²) in [6.45, 7) is 0.808. The number of carbonyl (C=O) groups excluding carboxylic acids is 1. The lowest BCUT2D eigenvalue weighted by molar-refractivity contribution is 0.0950. The number of nitrogens with one attached hydrogen (secondary N) is 3. The highest BCUT2D eigenvalue weighted by Crippen LogP contribution is 2.14. The molecule has 1 rings (SSSR count). The van der Waals surface area contributed by atoms with Gasteiger partial charge in [-0.1, -0.05) is 0 Å². The normalized spacial score (nSPS) is 11.0. The molecular weight excluding hydrogens is 298 g/mol. The van der Waals surface area contributed by atoms with Crippen molar-refractivity contribution in [3.63, 3.8) is 0 Å². The Balaban J connectivity index is 2.36. The Morgan fingerprint density at radius 3 is 2.38 bits per heavy atom. The number of sulfonamides is 1. The van der Waals surface area contributed by atoms with E-state index in [1.807, 2.05) is 0 Å². The Labute approximate surface area is 123 Å². The van der Waals surface area contributed by atoms with Crippen LogP contribution in [0.5, 0.6) is 0 Å². The second-order valence-corrected chi connectivity index (χ2v) is 5.92. The van der Waals surface area contributed by atoms with Crippen LogP contribution >= 0.6 is 0 Å². The molecule has 0 atom stereocenters. The van der Waals surface area contributed by atoms with Crippen LogP contribution in [0.1, 0.15) is 0 Å². The Morgan fingerprint density at radius 1 is 1.19 bits per heavy atom. The second kappa shape index (κ2) is 8.45. The zero-order valence-electron chi connectivity index (χ0n) is 11.6. The van der Waals surface area contributed by atoms with Crippen LogP contribution in [0.2, 0.25) is 0 Å². The van der Waals surface area contributed by atoms with Gasteiger partial charge in [0, 0.05) is 17.9 Å². The summed E-state index contributed by atoms with van der Waals surface area (Å²) in [7, 11) is -3.31. The molecule has 4 N–H and O–H groups in total. The van der Waals surface area contributed by atoms with E-state index >= 15 is 0 Å². The fourth-order valence-electron chi connectivity index (χ4n) is 1.41. The third-order valence-corrected chi connectivity index (χ3v) is 2.82. The SMILES string of the molecule is CS(=O)(=O)Nc1ccc(NC(=O)NCCOCCO)cc1. The Hall–Kier alpha value is -1.84. The molecule has 2 amide bonds. The maximum absolute atomic E-state index is 11.5. The summed E-state index contributed by atoms with van der Waals surface area (Å²) >= 11 is 0. The van der Waals surface area contributed by atoms with Gasteiger partial charge in [-0.2, -0.15) is 0 Å². The molecule has 0 heterocycles. The van der Waals surface area contributed by atoms with Crippen molar-refractivity contribution >= 4 is 27.4 Å². The Kier molecular flexibility index (Phi) is 6.92. The lowest BCUT2D eigenvalue weighted by Crippen LogP contribution is -2.31. The predicted octanol–water partition coefficient (Wildman–Crippen LogP) is 0.189. The molecule has 0 aromatic heterocycles. The largest absolute Gasteiger partial charge is 0.394 e. The molecule has 9 heteroatoms. The van der Waals surface area contributed by atoms with Crippen molar-refractivity contribution in [2.24, 2.45) is 0 Å². The van der Waals surface area contributed by atoms with E-state index < -0.39 is 16.1 Å². The van der Waals surface area contributed by atoms with E-state index in [0.717, 1.165) is 6.26 Å². The third kappa shape index (κ3) is 8.12. The van der Waals surface area contributed by atoms with E-state index in [0.29, 0.717) is 24.5 Å². The van der Waals surface area contributed by atoms with Gasteiger partial charge in [-0.05, 0) is 24.3 Å². The molecular formula is C12H19N3O5S. The molecule has 21 heavy (non-hydrogen) atoms. The van der Waals surface area contributed by atoms with Gasteiger partial charge in [0.25, 0.3) is 0 Å². The zero-order chi connectivity index (χ0) is 15.7. The van der Waals surface area contributed by atoms with E-state index in [9.17, 15) is 13.2 Å².